The molecule has 6 heteroatoms. The van der Waals surface area contributed by atoms with Crippen LogP contribution in [0, 0.1) is 0 Å². The first-order valence-electron chi connectivity index (χ1n) is 4.68. The molecule has 0 N–H and O–H groups in total. The zero-order valence-electron chi connectivity index (χ0n) is 8.68. The summed E-state index contributed by atoms with van der Waals surface area (Å²) in [6.07, 6.45) is 2.28. The van der Waals surface area contributed by atoms with Crippen LogP contribution in [-0.4, -0.2) is 22.2 Å². The molecule has 0 bridgehead atoms. The van der Waals surface area contributed by atoms with E-state index in [0.717, 1.165) is 5.56 Å². The van der Waals surface area contributed by atoms with Gasteiger partial charge in [-0.15, -0.1) is 11.6 Å². The standard InChI is InChI=1S/C10H10ClN3O2/c1-15-9-3-2-7(6-12-9)4-8-13-10(5-11)16-14-8/h2-3,6H,4-5H2,1H3. The predicted octanol–water partition coefficient (Wildman–Crippen LogP) is 1.80. The summed E-state index contributed by atoms with van der Waals surface area (Å²) in [6.45, 7) is 0. The van der Waals surface area contributed by atoms with Crippen LogP contribution in [0.3, 0.4) is 0 Å². The summed E-state index contributed by atoms with van der Waals surface area (Å²) in [4.78, 5) is 8.18. The molecule has 0 aliphatic carbocycles. The number of alkyl halides is 1. The third-order valence-electron chi connectivity index (χ3n) is 1.99. The highest BCUT2D eigenvalue weighted by Gasteiger charge is 2.06. The van der Waals surface area contributed by atoms with Crippen molar-refractivity contribution in [3.8, 4) is 5.88 Å². The van der Waals surface area contributed by atoms with Gasteiger partial charge in [-0.2, -0.15) is 4.98 Å². The largest absolute Gasteiger partial charge is 0.481 e. The number of rotatable bonds is 4. The Labute approximate surface area is 97.4 Å². The fourth-order valence-corrected chi connectivity index (χ4v) is 1.34. The number of halogens is 1. The molecule has 2 aromatic heterocycles. The van der Waals surface area contributed by atoms with E-state index in [1.807, 2.05) is 6.07 Å². The van der Waals surface area contributed by atoms with Crippen LogP contribution in [0.5, 0.6) is 5.88 Å². The number of nitrogens with zero attached hydrogens (tertiary/aromatic N) is 3. The van der Waals surface area contributed by atoms with Gasteiger partial charge in [0, 0.05) is 18.7 Å². The van der Waals surface area contributed by atoms with Crippen LogP contribution in [0.4, 0.5) is 0 Å². The minimum absolute atomic E-state index is 0.230. The van der Waals surface area contributed by atoms with E-state index in [2.05, 4.69) is 15.1 Å². The van der Waals surface area contributed by atoms with Crippen LogP contribution in [0.1, 0.15) is 17.3 Å². The van der Waals surface area contributed by atoms with Crippen molar-refractivity contribution < 1.29 is 9.26 Å². The van der Waals surface area contributed by atoms with Crippen LogP contribution < -0.4 is 4.74 Å². The van der Waals surface area contributed by atoms with E-state index in [0.29, 0.717) is 24.0 Å². The number of pyridine rings is 1. The molecule has 2 heterocycles. The van der Waals surface area contributed by atoms with Crippen LogP contribution in [0.25, 0.3) is 0 Å². The van der Waals surface area contributed by atoms with Gasteiger partial charge in [0.15, 0.2) is 5.82 Å². The number of hydrogen-bond acceptors (Lipinski definition) is 5. The molecule has 0 atom stereocenters. The van der Waals surface area contributed by atoms with Crippen molar-refractivity contribution >= 4 is 11.6 Å². The smallest absolute Gasteiger partial charge is 0.241 e. The topological polar surface area (TPSA) is 61.0 Å². The minimum atomic E-state index is 0.230. The molecule has 0 aromatic carbocycles. The van der Waals surface area contributed by atoms with Gasteiger partial charge in [0.2, 0.25) is 11.8 Å². The zero-order valence-corrected chi connectivity index (χ0v) is 9.44. The van der Waals surface area contributed by atoms with Gasteiger partial charge in [-0.1, -0.05) is 11.2 Å². The summed E-state index contributed by atoms with van der Waals surface area (Å²) in [7, 11) is 1.58. The second-order valence-corrected chi connectivity index (χ2v) is 3.39. The molecule has 2 rings (SSSR count). The van der Waals surface area contributed by atoms with Crippen LogP contribution in [-0.2, 0) is 12.3 Å². The molecule has 0 spiro atoms. The van der Waals surface area contributed by atoms with E-state index in [9.17, 15) is 0 Å². The van der Waals surface area contributed by atoms with E-state index in [-0.39, 0.29) is 5.88 Å². The van der Waals surface area contributed by atoms with Crippen LogP contribution in [0.2, 0.25) is 0 Å². The van der Waals surface area contributed by atoms with Gasteiger partial charge in [0.1, 0.15) is 5.88 Å². The van der Waals surface area contributed by atoms with Gasteiger partial charge in [0.05, 0.1) is 7.11 Å². The van der Waals surface area contributed by atoms with Gasteiger partial charge < -0.3 is 9.26 Å². The maximum atomic E-state index is 5.56. The number of ether oxygens (including phenoxy) is 1. The fourth-order valence-electron chi connectivity index (χ4n) is 1.24. The first-order chi connectivity index (χ1) is 7.81. The molecule has 0 amide bonds. The average molecular weight is 240 g/mol. The summed E-state index contributed by atoms with van der Waals surface area (Å²) in [6, 6.07) is 3.69. The fraction of sp³-hybridized carbons (Fsp3) is 0.300. The van der Waals surface area contributed by atoms with Gasteiger partial charge in [-0.3, -0.25) is 0 Å². The second-order valence-electron chi connectivity index (χ2n) is 3.12. The molecule has 0 aliphatic heterocycles. The van der Waals surface area contributed by atoms with E-state index >= 15 is 0 Å². The Bertz CT molecular complexity index is 455. The minimum Gasteiger partial charge on any atom is -0.481 e. The molecule has 2 aromatic rings. The Morgan fingerprint density at radius 1 is 1.44 bits per heavy atom. The molecular formula is C10H10ClN3O2. The highest BCUT2D eigenvalue weighted by molar-refractivity contribution is 6.16. The average Bonchev–Trinajstić information content (AvgIpc) is 2.78. The summed E-state index contributed by atoms with van der Waals surface area (Å²) in [5, 5.41) is 3.80. The van der Waals surface area contributed by atoms with Crippen LogP contribution in [0.15, 0.2) is 22.9 Å². The monoisotopic (exact) mass is 239 g/mol. The molecular weight excluding hydrogens is 230 g/mol. The predicted molar refractivity (Wildman–Crippen MR) is 57.5 cm³/mol. The highest BCUT2D eigenvalue weighted by Crippen LogP contribution is 2.10. The Hall–Kier alpha value is -1.62. The van der Waals surface area contributed by atoms with Gasteiger partial charge in [-0.05, 0) is 5.56 Å². The molecule has 0 fully saturated rings. The Morgan fingerprint density at radius 2 is 2.31 bits per heavy atom. The number of hydrogen-bond donors (Lipinski definition) is 0. The normalized spacial score (nSPS) is 10.4. The Balaban J connectivity index is 2.08. The first-order valence-corrected chi connectivity index (χ1v) is 5.21. The highest BCUT2D eigenvalue weighted by atomic mass is 35.5. The third kappa shape index (κ3) is 2.49. The summed E-state index contributed by atoms with van der Waals surface area (Å²) in [5.74, 6) is 1.84. The van der Waals surface area contributed by atoms with Crippen molar-refractivity contribution in [3.05, 3.63) is 35.6 Å². The molecule has 5 nitrogen and oxygen atoms in total. The van der Waals surface area contributed by atoms with E-state index in [1.54, 1.807) is 19.4 Å². The van der Waals surface area contributed by atoms with Crippen LogP contribution >= 0.6 is 11.6 Å². The van der Waals surface area contributed by atoms with Crippen molar-refractivity contribution in [2.24, 2.45) is 0 Å². The number of methoxy groups -OCH3 is 1. The molecule has 84 valence electrons. The molecule has 0 aliphatic rings. The Kier molecular flexibility index (Phi) is 3.36. The summed E-state index contributed by atoms with van der Waals surface area (Å²) in [5.41, 5.74) is 0.989. The quantitative estimate of drug-likeness (QED) is 0.762. The Morgan fingerprint density at radius 3 is 2.88 bits per heavy atom. The molecule has 0 unspecified atom stereocenters. The lowest BCUT2D eigenvalue weighted by Gasteiger charge is -1.99. The van der Waals surface area contributed by atoms with Gasteiger partial charge in [0.25, 0.3) is 0 Å². The molecule has 16 heavy (non-hydrogen) atoms. The van der Waals surface area contributed by atoms with Gasteiger partial charge in [-0.25, -0.2) is 4.98 Å². The molecule has 0 saturated carbocycles. The SMILES string of the molecule is COc1ccc(Cc2noc(CCl)n2)cn1. The summed E-state index contributed by atoms with van der Waals surface area (Å²) < 4.78 is 9.86. The van der Waals surface area contributed by atoms with Crippen molar-refractivity contribution in [2.75, 3.05) is 7.11 Å². The lowest BCUT2D eigenvalue weighted by molar-refractivity contribution is 0.385. The molecule has 0 saturated heterocycles. The van der Waals surface area contributed by atoms with Crippen molar-refractivity contribution in [1.29, 1.82) is 0 Å². The van der Waals surface area contributed by atoms with Crippen molar-refractivity contribution in [2.45, 2.75) is 12.3 Å². The zero-order chi connectivity index (χ0) is 11.4. The third-order valence-corrected chi connectivity index (χ3v) is 2.22. The lowest BCUT2D eigenvalue weighted by atomic mass is 10.2. The van der Waals surface area contributed by atoms with E-state index in [1.165, 1.54) is 0 Å². The maximum absolute atomic E-state index is 5.56. The van der Waals surface area contributed by atoms with E-state index < -0.39 is 0 Å². The van der Waals surface area contributed by atoms with Crippen molar-refractivity contribution in [1.82, 2.24) is 15.1 Å². The maximum Gasteiger partial charge on any atom is 0.241 e. The lowest BCUT2D eigenvalue weighted by Crippen LogP contribution is -1.93. The van der Waals surface area contributed by atoms with Gasteiger partial charge >= 0.3 is 0 Å². The number of aromatic nitrogens is 3. The van der Waals surface area contributed by atoms with E-state index in [4.69, 9.17) is 20.9 Å². The van der Waals surface area contributed by atoms with Crippen molar-refractivity contribution in [3.63, 3.8) is 0 Å². The summed E-state index contributed by atoms with van der Waals surface area (Å²) >= 11 is 5.56. The first kappa shape index (κ1) is 10.9. The second kappa shape index (κ2) is 4.94. The molecule has 0 radical (unpaired) electrons.